The van der Waals surface area contributed by atoms with Crippen LogP contribution in [0.1, 0.15) is 27.4 Å². The largest absolute Gasteiger partial charge is 0.332 e. The summed E-state index contributed by atoms with van der Waals surface area (Å²) in [5, 5.41) is 8.22. The van der Waals surface area contributed by atoms with Gasteiger partial charge in [0.2, 0.25) is 0 Å². The van der Waals surface area contributed by atoms with Gasteiger partial charge in [-0.3, -0.25) is 14.9 Å². The number of nitrogens with zero attached hydrogens (tertiary/aromatic N) is 4. The van der Waals surface area contributed by atoms with Crippen LogP contribution in [0.25, 0.3) is 11.3 Å². The predicted octanol–water partition coefficient (Wildman–Crippen LogP) is 3.03. The summed E-state index contributed by atoms with van der Waals surface area (Å²) in [7, 11) is 0. The van der Waals surface area contributed by atoms with E-state index in [1.165, 1.54) is 6.20 Å². The molecule has 0 atom stereocenters. The van der Waals surface area contributed by atoms with Crippen molar-refractivity contribution >= 4 is 17.5 Å². The van der Waals surface area contributed by atoms with E-state index in [0.717, 1.165) is 34.6 Å². The minimum absolute atomic E-state index is 0.110. The van der Waals surface area contributed by atoms with Crippen molar-refractivity contribution in [3.8, 4) is 11.3 Å². The summed E-state index contributed by atoms with van der Waals surface area (Å²) in [6, 6.07) is 7.55. The Balaban J connectivity index is 1.62. The van der Waals surface area contributed by atoms with Crippen LogP contribution in [0.15, 0.2) is 36.7 Å². The number of aromatic nitrogens is 4. The van der Waals surface area contributed by atoms with Crippen LogP contribution in [0.3, 0.4) is 0 Å². The van der Waals surface area contributed by atoms with Crippen LogP contribution in [-0.4, -0.2) is 37.5 Å². The molecule has 1 amide bonds. The van der Waals surface area contributed by atoms with E-state index in [1.807, 2.05) is 31.2 Å². The van der Waals surface area contributed by atoms with E-state index in [4.69, 9.17) is 11.6 Å². The van der Waals surface area contributed by atoms with Gasteiger partial charge in [-0.1, -0.05) is 23.7 Å². The lowest BCUT2D eigenvalue weighted by Gasteiger charge is -2.26. The molecule has 4 rings (SSSR count). The van der Waals surface area contributed by atoms with Crippen LogP contribution in [0.4, 0.5) is 0 Å². The van der Waals surface area contributed by atoms with Gasteiger partial charge in [-0.15, -0.1) is 0 Å². The highest BCUT2D eigenvalue weighted by molar-refractivity contribution is 6.30. The fourth-order valence-corrected chi connectivity index (χ4v) is 3.11. The van der Waals surface area contributed by atoms with Gasteiger partial charge in [0.15, 0.2) is 0 Å². The number of amides is 1. The highest BCUT2D eigenvalue weighted by Crippen LogP contribution is 2.29. The Labute approximate surface area is 149 Å². The number of fused-ring (bicyclic) bond motifs is 1. The first kappa shape index (κ1) is 15.8. The molecule has 0 aliphatic carbocycles. The summed E-state index contributed by atoms with van der Waals surface area (Å²) in [6.45, 7) is 2.97. The number of aromatic amines is 1. The zero-order valence-corrected chi connectivity index (χ0v) is 14.4. The summed E-state index contributed by atoms with van der Waals surface area (Å²) in [5.41, 5.74) is 5.11. The molecular formula is C18H16ClN5O. The normalized spacial score (nSPS) is 13.6. The first-order chi connectivity index (χ1) is 12.1. The maximum Gasteiger partial charge on any atom is 0.274 e. The number of hydrogen-bond donors (Lipinski definition) is 1. The van der Waals surface area contributed by atoms with E-state index in [-0.39, 0.29) is 5.91 Å². The average Bonchev–Trinajstić information content (AvgIpc) is 3.05. The summed E-state index contributed by atoms with van der Waals surface area (Å²) in [4.78, 5) is 22.9. The van der Waals surface area contributed by atoms with Crippen LogP contribution in [0.2, 0.25) is 5.02 Å². The number of nitrogens with one attached hydrogen (secondary N) is 1. The number of H-pyrrole nitrogens is 1. The van der Waals surface area contributed by atoms with E-state index in [2.05, 4.69) is 20.2 Å². The topological polar surface area (TPSA) is 74.8 Å². The zero-order valence-electron chi connectivity index (χ0n) is 13.7. The fraction of sp³-hybridized carbons (Fsp3) is 0.222. The fourth-order valence-electron chi connectivity index (χ4n) is 2.98. The first-order valence-electron chi connectivity index (χ1n) is 8.02. The molecule has 0 unspecified atom stereocenters. The van der Waals surface area contributed by atoms with Crippen molar-refractivity contribution in [1.29, 1.82) is 0 Å². The highest BCUT2D eigenvalue weighted by Gasteiger charge is 2.27. The summed E-state index contributed by atoms with van der Waals surface area (Å²) in [5.74, 6) is -0.110. The molecule has 0 bridgehead atoms. The lowest BCUT2D eigenvalue weighted by molar-refractivity contribution is 0.0728. The van der Waals surface area contributed by atoms with Gasteiger partial charge in [-0.2, -0.15) is 5.10 Å². The Bertz CT molecular complexity index is 918. The van der Waals surface area contributed by atoms with Crippen molar-refractivity contribution in [2.75, 3.05) is 6.54 Å². The van der Waals surface area contributed by atoms with Crippen molar-refractivity contribution in [1.82, 2.24) is 25.1 Å². The molecule has 3 aromatic rings. The smallest absolute Gasteiger partial charge is 0.274 e. The molecule has 1 aromatic carbocycles. The molecule has 2 aromatic heterocycles. The molecule has 1 N–H and O–H groups in total. The van der Waals surface area contributed by atoms with Gasteiger partial charge in [-0.25, -0.2) is 4.98 Å². The molecule has 6 nitrogen and oxygen atoms in total. The second kappa shape index (κ2) is 6.29. The molecule has 0 fully saturated rings. The molecule has 0 spiro atoms. The predicted molar refractivity (Wildman–Crippen MR) is 94.2 cm³/mol. The molecule has 25 heavy (non-hydrogen) atoms. The number of halogens is 1. The zero-order chi connectivity index (χ0) is 17.4. The maximum atomic E-state index is 12.7. The van der Waals surface area contributed by atoms with E-state index >= 15 is 0 Å². The minimum atomic E-state index is -0.110. The third kappa shape index (κ3) is 3.00. The highest BCUT2D eigenvalue weighted by atomic mass is 35.5. The quantitative estimate of drug-likeness (QED) is 0.768. The van der Waals surface area contributed by atoms with Crippen molar-refractivity contribution in [2.24, 2.45) is 0 Å². The van der Waals surface area contributed by atoms with E-state index < -0.39 is 0 Å². The van der Waals surface area contributed by atoms with Gasteiger partial charge >= 0.3 is 0 Å². The Kier molecular flexibility index (Phi) is 3.97. The van der Waals surface area contributed by atoms with E-state index in [9.17, 15) is 4.79 Å². The Hall–Kier alpha value is -2.73. The maximum absolute atomic E-state index is 12.7. The van der Waals surface area contributed by atoms with Crippen molar-refractivity contribution in [3.63, 3.8) is 0 Å². The Morgan fingerprint density at radius 3 is 2.72 bits per heavy atom. The third-order valence-electron chi connectivity index (χ3n) is 4.34. The molecule has 0 saturated heterocycles. The molecule has 0 radical (unpaired) electrons. The summed E-state index contributed by atoms with van der Waals surface area (Å²) in [6.07, 6.45) is 3.88. The molecular weight excluding hydrogens is 338 g/mol. The molecule has 3 heterocycles. The number of aryl methyl sites for hydroxylation is 1. The van der Waals surface area contributed by atoms with Crippen molar-refractivity contribution in [3.05, 3.63) is 64.3 Å². The van der Waals surface area contributed by atoms with Crippen LogP contribution in [0, 0.1) is 6.92 Å². The number of benzene rings is 1. The third-order valence-corrected chi connectivity index (χ3v) is 4.59. The van der Waals surface area contributed by atoms with Gasteiger partial charge in [0.1, 0.15) is 5.69 Å². The number of carbonyl (C=O) groups excluding carboxylic acids is 1. The lowest BCUT2D eigenvalue weighted by Crippen LogP contribution is -2.36. The standard InChI is InChI=1S/C18H16ClN5O/c1-11-8-21-16(9-20-11)18(25)24-7-6-15-14(10-24)17(23-22-15)12-2-4-13(19)5-3-12/h2-5,8-9H,6-7,10H2,1H3,(H,22,23). The van der Waals surface area contributed by atoms with E-state index in [0.29, 0.717) is 23.8 Å². The monoisotopic (exact) mass is 353 g/mol. The van der Waals surface area contributed by atoms with Crippen molar-refractivity contribution in [2.45, 2.75) is 19.9 Å². The van der Waals surface area contributed by atoms with Crippen molar-refractivity contribution < 1.29 is 4.79 Å². The van der Waals surface area contributed by atoms with Crippen LogP contribution >= 0.6 is 11.6 Å². The summed E-state index contributed by atoms with van der Waals surface area (Å²) >= 11 is 5.97. The van der Waals surface area contributed by atoms with Gasteiger partial charge in [-0.05, 0) is 19.1 Å². The second-order valence-corrected chi connectivity index (χ2v) is 6.49. The number of hydrogen-bond acceptors (Lipinski definition) is 4. The minimum Gasteiger partial charge on any atom is -0.332 e. The first-order valence-corrected chi connectivity index (χ1v) is 8.39. The van der Waals surface area contributed by atoms with Gasteiger partial charge in [0, 0.05) is 41.0 Å². The second-order valence-electron chi connectivity index (χ2n) is 6.06. The molecule has 126 valence electrons. The summed E-state index contributed by atoms with van der Waals surface area (Å²) < 4.78 is 0. The van der Waals surface area contributed by atoms with Crippen LogP contribution < -0.4 is 0 Å². The van der Waals surface area contributed by atoms with Gasteiger partial charge < -0.3 is 4.90 Å². The van der Waals surface area contributed by atoms with E-state index in [1.54, 1.807) is 11.1 Å². The van der Waals surface area contributed by atoms with Crippen LogP contribution in [-0.2, 0) is 13.0 Å². The van der Waals surface area contributed by atoms with Gasteiger partial charge in [0.05, 0.1) is 24.1 Å². The SMILES string of the molecule is Cc1cnc(C(=O)N2CCc3[nH]nc(-c4ccc(Cl)cc4)c3C2)cn1. The van der Waals surface area contributed by atoms with Crippen LogP contribution in [0.5, 0.6) is 0 Å². The number of rotatable bonds is 2. The molecule has 0 saturated carbocycles. The van der Waals surface area contributed by atoms with Gasteiger partial charge in [0.25, 0.3) is 5.91 Å². The Morgan fingerprint density at radius 1 is 1.20 bits per heavy atom. The number of carbonyl (C=O) groups is 1. The molecule has 1 aliphatic heterocycles. The lowest BCUT2D eigenvalue weighted by atomic mass is 10.0. The molecule has 7 heteroatoms. The average molecular weight is 354 g/mol. The Morgan fingerprint density at radius 2 is 2.00 bits per heavy atom. The molecule has 1 aliphatic rings.